The van der Waals surface area contributed by atoms with Gasteiger partial charge < -0.3 is 9.47 Å². The zero-order chi connectivity index (χ0) is 27.8. The van der Waals surface area contributed by atoms with Crippen molar-refractivity contribution in [2.75, 3.05) is 7.11 Å². The topological polar surface area (TPSA) is 18.5 Å². The van der Waals surface area contributed by atoms with Crippen LogP contribution in [0.4, 0.5) is 4.39 Å². The molecule has 1 unspecified atom stereocenters. The number of aryl methyl sites for hydroxylation is 2. The van der Waals surface area contributed by atoms with Crippen LogP contribution in [0.1, 0.15) is 52.8 Å². The lowest BCUT2D eigenvalue weighted by Crippen LogP contribution is -2.35. The third-order valence-electron chi connectivity index (χ3n) is 8.74. The Kier molecular flexibility index (Phi) is 5.28. The Hall–Kier alpha value is -4.37. The van der Waals surface area contributed by atoms with Crippen LogP contribution in [0.5, 0.6) is 11.5 Å². The van der Waals surface area contributed by atoms with E-state index in [0.29, 0.717) is 0 Å². The van der Waals surface area contributed by atoms with Gasteiger partial charge in [-0.15, -0.1) is 0 Å². The summed E-state index contributed by atoms with van der Waals surface area (Å²) >= 11 is 0. The molecule has 5 aromatic rings. The van der Waals surface area contributed by atoms with Crippen LogP contribution in [-0.4, -0.2) is 7.11 Å². The Balaban J connectivity index is 1.55. The highest BCUT2D eigenvalue weighted by molar-refractivity contribution is 6.08. The van der Waals surface area contributed by atoms with Gasteiger partial charge in [0.25, 0.3) is 0 Å². The summed E-state index contributed by atoms with van der Waals surface area (Å²) < 4.78 is 26.8. The second-order valence-corrected chi connectivity index (χ2v) is 11.6. The second-order valence-electron chi connectivity index (χ2n) is 11.6. The minimum Gasteiger partial charge on any atom is -0.497 e. The van der Waals surface area contributed by atoms with Gasteiger partial charge in [-0.2, -0.15) is 0 Å². The molecule has 0 spiro atoms. The predicted octanol–water partition coefficient (Wildman–Crippen LogP) is 9.26. The maximum Gasteiger partial charge on any atom is 0.178 e. The summed E-state index contributed by atoms with van der Waals surface area (Å²) in [5.41, 5.74) is 9.64. The molecule has 0 radical (unpaired) electrons. The van der Waals surface area contributed by atoms with E-state index in [1.807, 2.05) is 36.4 Å². The molecule has 1 aliphatic carbocycles. The quantitative estimate of drug-likeness (QED) is 0.233. The molecule has 0 fully saturated rings. The summed E-state index contributed by atoms with van der Waals surface area (Å²) in [5.74, 6) is 1.35. The van der Waals surface area contributed by atoms with E-state index in [2.05, 4.69) is 76.2 Å². The summed E-state index contributed by atoms with van der Waals surface area (Å²) in [4.78, 5) is 0. The number of methoxy groups -OCH3 is 1. The van der Waals surface area contributed by atoms with Crippen molar-refractivity contribution in [2.24, 2.45) is 0 Å². The molecule has 198 valence electrons. The third kappa shape index (κ3) is 3.33. The van der Waals surface area contributed by atoms with Gasteiger partial charge >= 0.3 is 0 Å². The first-order chi connectivity index (χ1) is 19.2. The molecule has 1 aliphatic heterocycles. The lowest BCUT2D eigenvalue weighted by molar-refractivity contribution is 0.163. The van der Waals surface area contributed by atoms with Gasteiger partial charge in [-0.25, -0.2) is 4.39 Å². The predicted molar refractivity (Wildman–Crippen MR) is 161 cm³/mol. The van der Waals surface area contributed by atoms with Crippen molar-refractivity contribution in [3.63, 3.8) is 0 Å². The minimum absolute atomic E-state index is 0.208. The molecule has 5 aromatic carbocycles. The second kappa shape index (κ2) is 8.56. The van der Waals surface area contributed by atoms with Gasteiger partial charge in [-0.1, -0.05) is 86.2 Å². The fourth-order valence-electron chi connectivity index (χ4n) is 7.15. The van der Waals surface area contributed by atoms with Crippen molar-refractivity contribution >= 4 is 16.8 Å². The zero-order valence-corrected chi connectivity index (χ0v) is 23.4. The van der Waals surface area contributed by atoms with Gasteiger partial charge in [0.2, 0.25) is 0 Å². The fourth-order valence-corrected chi connectivity index (χ4v) is 7.15. The molecule has 0 aromatic heterocycles. The van der Waals surface area contributed by atoms with Crippen LogP contribution in [0.25, 0.3) is 28.0 Å². The molecule has 2 aliphatic rings. The molecular formula is C37H31FO2. The molecule has 1 atom stereocenters. The van der Waals surface area contributed by atoms with Crippen LogP contribution in [0.3, 0.4) is 0 Å². The average molecular weight is 527 g/mol. The fraction of sp³-hybridized carbons (Fsp3) is 0.189. The molecule has 40 heavy (non-hydrogen) atoms. The molecule has 0 bridgehead atoms. The monoisotopic (exact) mass is 526 g/mol. The maximum absolute atomic E-state index is 14.1. The molecule has 0 saturated carbocycles. The maximum atomic E-state index is 14.1. The van der Waals surface area contributed by atoms with Crippen LogP contribution < -0.4 is 9.47 Å². The Morgan fingerprint density at radius 2 is 1.43 bits per heavy atom. The van der Waals surface area contributed by atoms with Gasteiger partial charge in [-0.3, -0.25) is 0 Å². The first-order valence-electron chi connectivity index (χ1n) is 13.7. The largest absolute Gasteiger partial charge is 0.497 e. The van der Waals surface area contributed by atoms with E-state index < -0.39 is 5.60 Å². The van der Waals surface area contributed by atoms with E-state index in [0.717, 1.165) is 33.6 Å². The van der Waals surface area contributed by atoms with Crippen molar-refractivity contribution < 1.29 is 13.9 Å². The highest BCUT2D eigenvalue weighted by atomic mass is 19.1. The Morgan fingerprint density at radius 1 is 0.775 bits per heavy atom. The summed E-state index contributed by atoms with van der Waals surface area (Å²) in [6.07, 6.45) is 4.37. The summed E-state index contributed by atoms with van der Waals surface area (Å²) in [7, 11) is 1.66. The van der Waals surface area contributed by atoms with E-state index in [-0.39, 0.29) is 11.2 Å². The van der Waals surface area contributed by atoms with Gasteiger partial charge in [0.1, 0.15) is 17.3 Å². The Bertz CT molecular complexity index is 1850. The van der Waals surface area contributed by atoms with Crippen molar-refractivity contribution in [3.8, 4) is 22.6 Å². The lowest BCUT2D eigenvalue weighted by atomic mass is 9.76. The molecule has 7 rings (SSSR count). The molecule has 0 amide bonds. The van der Waals surface area contributed by atoms with E-state index in [1.54, 1.807) is 7.11 Å². The number of hydrogen-bond acceptors (Lipinski definition) is 2. The standard InChI is InChI=1S/C37H31FO2/c1-22-20-23(2)33-31(21-22)32-28-8-6-7-9-29(28)35-30(34(32)36(33,3)4)18-19-37(40-35,24-10-14-26(38)15-11-24)25-12-16-27(39-5)17-13-25/h6-21H,1-5H3. The number of halogens is 1. The van der Waals surface area contributed by atoms with E-state index in [1.165, 1.54) is 50.9 Å². The smallest absolute Gasteiger partial charge is 0.178 e. The van der Waals surface area contributed by atoms with Crippen LogP contribution in [-0.2, 0) is 11.0 Å². The molecular weight excluding hydrogens is 495 g/mol. The summed E-state index contributed by atoms with van der Waals surface area (Å²) in [6.45, 7) is 9.06. The highest BCUT2D eigenvalue weighted by Crippen LogP contribution is 2.58. The van der Waals surface area contributed by atoms with Gasteiger partial charge in [0, 0.05) is 27.5 Å². The van der Waals surface area contributed by atoms with E-state index >= 15 is 0 Å². The third-order valence-corrected chi connectivity index (χ3v) is 8.74. The molecule has 3 heteroatoms. The number of hydrogen-bond donors (Lipinski definition) is 0. The number of rotatable bonds is 3. The van der Waals surface area contributed by atoms with Gasteiger partial charge in [0.05, 0.1) is 7.11 Å². The minimum atomic E-state index is -0.938. The number of benzene rings is 5. The summed E-state index contributed by atoms with van der Waals surface area (Å²) in [5, 5.41) is 2.26. The van der Waals surface area contributed by atoms with Crippen molar-refractivity contribution in [1.82, 2.24) is 0 Å². The Labute approximate surface area is 234 Å². The van der Waals surface area contributed by atoms with Gasteiger partial charge in [0.15, 0.2) is 5.60 Å². The SMILES string of the molecule is COc1ccc(C2(c3ccc(F)cc3)C=Cc3c4c(c5ccccc5c3O2)-c2cc(C)cc(C)c2C4(C)C)cc1. The zero-order valence-electron chi connectivity index (χ0n) is 23.4. The van der Waals surface area contributed by atoms with Gasteiger partial charge in [-0.05, 0) is 77.4 Å². The van der Waals surface area contributed by atoms with Crippen LogP contribution in [0.15, 0.2) is 91.0 Å². The van der Waals surface area contributed by atoms with Crippen LogP contribution >= 0.6 is 0 Å². The first-order valence-corrected chi connectivity index (χ1v) is 13.7. The molecule has 0 saturated heterocycles. The molecule has 0 N–H and O–H groups in total. The molecule has 1 heterocycles. The highest BCUT2D eigenvalue weighted by Gasteiger charge is 2.44. The lowest BCUT2D eigenvalue weighted by Gasteiger charge is -2.38. The normalized spacial score (nSPS) is 18.1. The van der Waals surface area contributed by atoms with Crippen LogP contribution in [0.2, 0.25) is 0 Å². The molecule has 2 nitrogen and oxygen atoms in total. The van der Waals surface area contributed by atoms with E-state index in [4.69, 9.17) is 9.47 Å². The van der Waals surface area contributed by atoms with Crippen molar-refractivity contribution in [3.05, 3.63) is 136 Å². The van der Waals surface area contributed by atoms with E-state index in [9.17, 15) is 4.39 Å². The first kappa shape index (κ1) is 24.7. The summed E-state index contributed by atoms with van der Waals surface area (Å²) in [6, 6.07) is 27.8. The average Bonchev–Trinajstić information content (AvgIpc) is 3.20. The number of ether oxygens (including phenoxy) is 2. The van der Waals surface area contributed by atoms with Crippen molar-refractivity contribution in [1.29, 1.82) is 0 Å². The van der Waals surface area contributed by atoms with Crippen LogP contribution in [0, 0.1) is 19.7 Å². The number of fused-ring (bicyclic) bond motifs is 8. The Morgan fingerprint density at radius 3 is 2.10 bits per heavy atom. The van der Waals surface area contributed by atoms with Crippen molar-refractivity contribution in [2.45, 2.75) is 38.7 Å².